The molecule has 27 heavy (non-hydrogen) atoms. The molecule has 4 N–H and O–H groups in total. The van der Waals surface area contributed by atoms with Crippen molar-refractivity contribution in [3.63, 3.8) is 0 Å². The van der Waals surface area contributed by atoms with Gasteiger partial charge in [-0.2, -0.15) is 0 Å². The van der Waals surface area contributed by atoms with Gasteiger partial charge >= 0.3 is 0 Å². The first-order valence-corrected chi connectivity index (χ1v) is 9.83. The molecule has 3 rings (SSSR count). The Bertz CT molecular complexity index is 915. The van der Waals surface area contributed by atoms with Crippen molar-refractivity contribution < 1.29 is 22.7 Å². The van der Waals surface area contributed by atoms with E-state index in [1.807, 2.05) is 0 Å². The maximum atomic E-state index is 12.4. The van der Waals surface area contributed by atoms with Gasteiger partial charge in [0.2, 0.25) is 15.9 Å². The molecule has 0 spiro atoms. The number of pyridine rings is 1. The lowest BCUT2D eigenvalue weighted by Crippen LogP contribution is -2.28. The summed E-state index contributed by atoms with van der Waals surface area (Å²) < 4.78 is 38.2. The summed E-state index contributed by atoms with van der Waals surface area (Å²) in [5, 5.41) is 2.61. The monoisotopic (exact) mass is 392 g/mol. The van der Waals surface area contributed by atoms with Crippen LogP contribution in [-0.2, 0) is 14.8 Å². The van der Waals surface area contributed by atoms with Crippen molar-refractivity contribution in [2.24, 2.45) is 0 Å². The maximum Gasteiger partial charge on any atom is 0.240 e. The molecule has 1 aromatic heterocycles. The predicted molar refractivity (Wildman–Crippen MR) is 99.1 cm³/mol. The number of nitrogen functional groups attached to an aromatic ring is 1. The Labute approximate surface area is 156 Å². The van der Waals surface area contributed by atoms with Gasteiger partial charge in [0.1, 0.15) is 5.82 Å². The number of carbonyl (C=O) groups is 1. The van der Waals surface area contributed by atoms with Crippen molar-refractivity contribution in [2.75, 3.05) is 30.8 Å². The molecular formula is C17H20N4O5S. The quantitative estimate of drug-likeness (QED) is 0.671. The number of carbonyl (C=O) groups excluding carboxylic acids is 1. The van der Waals surface area contributed by atoms with Crippen molar-refractivity contribution in [3.05, 3.63) is 36.5 Å². The van der Waals surface area contributed by atoms with Crippen molar-refractivity contribution in [2.45, 2.75) is 17.7 Å². The fourth-order valence-electron chi connectivity index (χ4n) is 2.40. The van der Waals surface area contributed by atoms with Gasteiger partial charge in [0, 0.05) is 25.5 Å². The van der Waals surface area contributed by atoms with Crippen molar-refractivity contribution in [1.82, 2.24) is 9.71 Å². The van der Waals surface area contributed by atoms with Gasteiger partial charge in [0.15, 0.2) is 11.5 Å². The fourth-order valence-corrected chi connectivity index (χ4v) is 3.44. The summed E-state index contributed by atoms with van der Waals surface area (Å²) in [5.41, 5.74) is 5.96. The van der Waals surface area contributed by atoms with Crippen LogP contribution in [0.15, 0.2) is 41.4 Å². The Morgan fingerprint density at radius 2 is 1.93 bits per heavy atom. The summed E-state index contributed by atoms with van der Waals surface area (Å²) in [5.74, 6) is 0.908. The van der Waals surface area contributed by atoms with Gasteiger partial charge in [-0.25, -0.2) is 18.1 Å². The molecule has 0 bridgehead atoms. The summed E-state index contributed by atoms with van der Waals surface area (Å²) in [6.45, 7) is 0.936. The minimum atomic E-state index is -3.77. The minimum absolute atomic E-state index is 0.0336. The lowest BCUT2D eigenvalue weighted by Gasteiger charge is -2.11. The SMILES string of the molecule is Nc1ccc(NC(=O)CCNS(=O)(=O)c2ccc3c(c2)OCCCO3)cn1. The highest BCUT2D eigenvalue weighted by molar-refractivity contribution is 7.89. The number of hydrogen-bond donors (Lipinski definition) is 3. The number of anilines is 2. The fraction of sp³-hybridized carbons (Fsp3) is 0.294. The summed E-state index contributed by atoms with van der Waals surface area (Å²) >= 11 is 0. The molecular weight excluding hydrogens is 372 g/mol. The third-order valence-electron chi connectivity index (χ3n) is 3.74. The van der Waals surface area contributed by atoms with E-state index in [1.165, 1.54) is 18.3 Å². The standard InChI is InChI=1S/C17H20N4O5S/c18-16-5-2-12(11-19-16)21-17(22)6-7-20-27(23,24)13-3-4-14-15(10-13)26-9-1-8-25-14/h2-5,10-11,20H,1,6-9H2,(H2,18,19)(H,21,22). The number of benzene rings is 1. The van der Waals surface area contributed by atoms with Crippen LogP contribution in [-0.4, -0.2) is 39.1 Å². The van der Waals surface area contributed by atoms with E-state index >= 15 is 0 Å². The van der Waals surface area contributed by atoms with Crippen LogP contribution in [0.25, 0.3) is 0 Å². The Kier molecular flexibility index (Phi) is 5.77. The zero-order valence-electron chi connectivity index (χ0n) is 14.5. The molecule has 1 aromatic carbocycles. The molecule has 0 fully saturated rings. The normalized spacial score (nSPS) is 13.6. The molecule has 1 aliphatic heterocycles. The second-order valence-corrected chi connectivity index (χ2v) is 7.59. The average Bonchev–Trinajstić information content (AvgIpc) is 2.88. The highest BCUT2D eigenvalue weighted by atomic mass is 32.2. The molecule has 0 unspecified atom stereocenters. The predicted octanol–water partition coefficient (Wildman–Crippen LogP) is 1.13. The zero-order valence-corrected chi connectivity index (χ0v) is 15.3. The van der Waals surface area contributed by atoms with Gasteiger partial charge in [-0.15, -0.1) is 0 Å². The number of nitrogens with one attached hydrogen (secondary N) is 2. The van der Waals surface area contributed by atoms with Crippen molar-refractivity contribution >= 4 is 27.4 Å². The van der Waals surface area contributed by atoms with E-state index in [0.29, 0.717) is 36.2 Å². The second kappa shape index (κ2) is 8.23. The molecule has 9 nitrogen and oxygen atoms in total. The Balaban J connectivity index is 1.56. The van der Waals surface area contributed by atoms with E-state index in [2.05, 4.69) is 15.0 Å². The topological polar surface area (TPSA) is 133 Å². The van der Waals surface area contributed by atoms with Gasteiger partial charge in [-0.1, -0.05) is 0 Å². The van der Waals surface area contributed by atoms with Crippen LogP contribution in [0, 0.1) is 0 Å². The van der Waals surface area contributed by atoms with Gasteiger partial charge < -0.3 is 20.5 Å². The van der Waals surface area contributed by atoms with E-state index in [0.717, 1.165) is 6.42 Å². The Hall–Kier alpha value is -2.85. The van der Waals surface area contributed by atoms with E-state index in [1.54, 1.807) is 18.2 Å². The summed E-state index contributed by atoms with van der Waals surface area (Å²) in [6, 6.07) is 7.60. The summed E-state index contributed by atoms with van der Waals surface area (Å²) in [4.78, 5) is 15.8. The molecule has 2 heterocycles. The largest absolute Gasteiger partial charge is 0.490 e. The molecule has 144 valence electrons. The average molecular weight is 392 g/mol. The van der Waals surface area contributed by atoms with E-state index in [-0.39, 0.29) is 23.8 Å². The Morgan fingerprint density at radius 1 is 1.15 bits per heavy atom. The first-order valence-electron chi connectivity index (χ1n) is 8.35. The molecule has 0 atom stereocenters. The minimum Gasteiger partial charge on any atom is -0.490 e. The molecule has 0 saturated heterocycles. The highest BCUT2D eigenvalue weighted by Gasteiger charge is 2.19. The third kappa shape index (κ3) is 5.08. The number of ether oxygens (including phenoxy) is 2. The van der Waals surface area contributed by atoms with Crippen LogP contribution in [0.2, 0.25) is 0 Å². The molecule has 2 aromatic rings. The molecule has 0 radical (unpaired) electrons. The van der Waals surface area contributed by atoms with Crippen LogP contribution >= 0.6 is 0 Å². The number of sulfonamides is 1. The molecule has 10 heteroatoms. The van der Waals surface area contributed by atoms with Crippen LogP contribution in [0.5, 0.6) is 11.5 Å². The first-order chi connectivity index (χ1) is 12.9. The van der Waals surface area contributed by atoms with Crippen LogP contribution in [0.1, 0.15) is 12.8 Å². The number of rotatable bonds is 6. The number of amides is 1. The Morgan fingerprint density at radius 3 is 2.67 bits per heavy atom. The number of fused-ring (bicyclic) bond motifs is 1. The van der Waals surface area contributed by atoms with Gasteiger partial charge in [-0.3, -0.25) is 4.79 Å². The maximum absolute atomic E-state index is 12.4. The smallest absolute Gasteiger partial charge is 0.240 e. The van der Waals surface area contributed by atoms with Crippen LogP contribution in [0.3, 0.4) is 0 Å². The van der Waals surface area contributed by atoms with Crippen molar-refractivity contribution in [3.8, 4) is 11.5 Å². The van der Waals surface area contributed by atoms with Gasteiger partial charge in [0.25, 0.3) is 0 Å². The number of nitrogens with zero attached hydrogens (tertiary/aromatic N) is 1. The zero-order chi connectivity index (χ0) is 19.3. The van der Waals surface area contributed by atoms with E-state index < -0.39 is 10.0 Å². The highest BCUT2D eigenvalue weighted by Crippen LogP contribution is 2.31. The second-order valence-electron chi connectivity index (χ2n) is 5.83. The molecule has 0 aliphatic carbocycles. The number of aromatic nitrogens is 1. The summed E-state index contributed by atoms with van der Waals surface area (Å²) in [6.07, 6.45) is 2.12. The molecule has 1 aliphatic rings. The molecule has 0 saturated carbocycles. The van der Waals surface area contributed by atoms with E-state index in [4.69, 9.17) is 15.2 Å². The lowest BCUT2D eigenvalue weighted by molar-refractivity contribution is -0.116. The molecule has 1 amide bonds. The first kappa shape index (κ1) is 18.9. The van der Waals surface area contributed by atoms with Gasteiger partial charge in [0.05, 0.1) is 30.0 Å². The lowest BCUT2D eigenvalue weighted by atomic mass is 10.3. The van der Waals surface area contributed by atoms with Crippen LogP contribution < -0.4 is 25.2 Å². The third-order valence-corrected chi connectivity index (χ3v) is 5.20. The van der Waals surface area contributed by atoms with Crippen LogP contribution in [0.4, 0.5) is 11.5 Å². The number of nitrogens with two attached hydrogens (primary N) is 1. The van der Waals surface area contributed by atoms with Crippen molar-refractivity contribution in [1.29, 1.82) is 0 Å². The summed E-state index contributed by atoms with van der Waals surface area (Å²) in [7, 11) is -3.77. The number of hydrogen-bond acceptors (Lipinski definition) is 7. The van der Waals surface area contributed by atoms with E-state index in [9.17, 15) is 13.2 Å². The van der Waals surface area contributed by atoms with Gasteiger partial charge in [-0.05, 0) is 24.3 Å².